The third kappa shape index (κ3) is 3.29. The largest absolute Gasteiger partial charge is 0.508 e. The van der Waals surface area contributed by atoms with Crippen molar-refractivity contribution in [2.75, 3.05) is 25.5 Å². The Balaban J connectivity index is 1.68. The molecule has 1 fully saturated rings. The second kappa shape index (κ2) is 7.66. The van der Waals surface area contributed by atoms with Crippen LogP contribution in [0.5, 0.6) is 5.75 Å². The summed E-state index contributed by atoms with van der Waals surface area (Å²) in [6, 6.07) is 14.8. The summed E-state index contributed by atoms with van der Waals surface area (Å²) in [5.74, 6) is 0.274. The molecule has 1 aliphatic carbocycles. The number of anilines is 1. The van der Waals surface area contributed by atoms with Crippen LogP contribution in [0.25, 0.3) is 0 Å². The van der Waals surface area contributed by atoms with Crippen LogP contribution in [0.3, 0.4) is 0 Å². The van der Waals surface area contributed by atoms with Crippen LogP contribution in [-0.4, -0.2) is 53.2 Å². The Morgan fingerprint density at radius 3 is 2.73 bits per heavy atom. The van der Waals surface area contributed by atoms with Crippen LogP contribution in [0, 0.1) is 11.3 Å². The van der Waals surface area contributed by atoms with E-state index in [1.165, 1.54) is 5.56 Å². The third-order valence-electron chi connectivity index (χ3n) is 6.91. The van der Waals surface area contributed by atoms with Crippen molar-refractivity contribution < 1.29 is 9.90 Å². The lowest BCUT2D eigenvalue weighted by molar-refractivity contribution is 0.0136. The Morgan fingerprint density at radius 2 is 2.07 bits per heavy atom. The van der Waals surface area contributed by atoms with Gasteiger partial charge < -0.3 is 20.2 Å². The predicted molar refractivity (Wildman–Crippen MR) is 117 cm³/mol. The number of piperidine rings is 1. The number of phenols is 1. The van der Waals surface area contributed by atoms with Gasteiger partial charge in [-0.05, 0) is 80.9 Å². The van der Waals surface area contributed by atoms with Gasteiger partial charge in [0.1, 0.15) is 5.75 Å². The molecule has 156 valence electrons. The van der Waals surface area contributed by atoms with Crippen molar-refractivity contribution in [1.29, 1.82) is 5.26 Å². The summed E-state index contributed by atoms with van der Waals surface area (Å²) in [5, 5.41) is 22.1. The number of aromatic hydroxyl groups is 1. The molecule has 0 spiro atoms. The summed E-state index contributed by atoms with van der Waals surface area (Å²) in [6.45, 7) is 5.78. The molecule has 4 rings (SSSR count). The first-order chi connectivity index (χ1) is 14.4. The standard InChI is InChI=1S/C24H28N4O2/c1-4-28(23(30)26-18-8-5-16(15-25)6-9-18)22-21-13-17-7-10-19(29)14-20(17)24(22,2)11-12-27(21)3/h5-10,14,21-22,29H,4,11-13H2,1-3H3,(H,26,30)/t21-,22-,24+/m1/s1. The minimum atomic E-state index is -0.235. The molecule has 2 N–H and O–H groups in total. The van der Waals surface area contributed by atoms with Crippen LogP contribution in [0.2, 0.25) is 0 Å². The van der Waals surface area contributed by atoms with E-state index >= 15 is 0 Å². The van der Waals surface area contributed by atoms with E-state index in [-0.39, 0.29) is 29.3 Å². The van der Waals surface area contributed by atoms with Gasteiger partial charge in [0.2, 0.25) is 0 Å². The van der Waals surface area contributed by atoms with Gasteiger partial charge in [-0.3, -0.25) is 0 Å². The highest BCUT2D eigenvalue weighted by Crippen LogP contribution is 2.47. The van der Waals surface area contributed by atoms with Gasteiger partial charge in [0.25, 0.3) is 0 Å². The number of hydrogen-bond acceptors (Lipinski definition) is 4. The molecule has 0 unspecified atom stereocenters. The molecule has 6 heteroatoms. The van der Waals surface area contributed by atoms with Crippen molar-refractivity contribution >= 4 is 11.7 Å². The number of phenolic OH excluding ortho intramolecular Hbond substituents is 1. The summed E-state index contributed by atoms with van der Waals surface area (Å²) in [7, 11) is 2.13. The number of likely N-dealkylation sites (N-methyl/N-ethyl adjacent to an activating group) is 2. The maximum absolute atomic E-state index is 13.3. The van der Waals surface area contributed by atoms with Gasteiger partial charge in [0.05, 0.1) is 17.7 Å². The average Bonchev–Trinajstić information content (AvgIpc) is 2.74. The van der Waals surface area contributed by atoms with Gasteiger partial charge in [-0.15, -0.1) is 0 Å². The molecule has 3 atom stereocenters. The first-order valence-electron chi connectivity index (χ1n) is 10.5. The lowest BCUT2D eigenvalue weighted by Crippen LogP contribution is -2.68. The zero-order valence-electron chi connectivity index (χ0n) is 17.7. The number of benzene rings is 2. The third-order valence-corrected chi connectivity index (χ3v) is 6.91. The Labute approximate surface area is 177 Å². The van der Waals surface area contributed by atoms with E-state index < -0.39 is 0 Å². The molecular weight excluding hydrogens is 376 g/mol. The predicted octanol–water partition coefficient (Wildman–Crippen LogP) is 3.70. The van der Waals surface area contributed by atoms with Crippen LogP contribution in [-0.2, 0) is 11.8 Å². The van der Waals surface area contributed by atoms with E-state index in [1.54, 1.807) is 30.3 Å². The van der Waals surface area contributed by atoms with Gasteiger partial charge in [-0.1, -0.05) is 13.0 Å². The highest BCUT2D eigenvalue weighted by atomic mass is 16.3. The minimum Gasteiger partial charge on any atom is -0.508 e. The Bertz CT molecular complexity index is 997. The number of fused-ring (bicyclic) bond motifs is 4. The number of nitrogens with one attached hydrogen (secondary N) is 1. The first kappa shape index (κ1) is 20.2. The number of hydrogen-bond donors (Lipinski definition) is 2. The summed E-state index contributed by atoms with van der Waals surface area (Å²) < 4.78 is 0. The highest BCUT2D eigenvalue weighted by Gasteiger charge is 2.53. The highest BCUT2D eigenvalue weighted by molar-refractivity contribution is 5.90. The number of nitrogens with zero attached hydrogens (tertiary/aromatic N) is 3. The molecule has 0 radical (unpaired) electrons. The van der Waals surface area contributed by atoms with Crippen LogP contribution in [0.4, 0.5) is 10.5 Å². The van der Waals surface area contributed by atoms with E-state index in [4.69, 9.17) is 5.26 Å². The van der Waals surface area contributed by atoms with E-state index in [9.17, 15) is 9.90 Å². The van der Waals surface area contributed by atoms with Crippen LogP contribution < -0.4 is 5.32 Å². The van der Waals surface area contributed by atoms with Gasteiger partial charge in [0, 0.05) is 23.7 Å². The quantitative estimate of drug-likeness (QED) is 0.817. The fraction of sp³-hybridized carbons (Fsp3) is 0.417. The monoisotopic (exact) mass is 404 g/mol. The molecule has 30 heavy (non-hydrogen) atoms. The van der Waals surface area contributed by atoms with Crippen LogP contribution in [0.15, 0.2) is 42.5 Å². The maximum atomic E-state index is 13.3. The van der Waals surface area contributed by atoms with E-state index in [2.05, 4.69) is 30.3 Å². The number of nitriles is 1. The lowest BCUT2D eigenvalue weighted by atomic mass is 9.61. The van der Waals surface area contributed by atoms with E-state index in [0.717, 1.165) is 24.9 Å². The first-order valence-corrected chi connectivity index (χ1v) is 10.5. The molecule has 0 saturated carbocycles. The molecule has 2 aromatic rings. The number of urea groups is 1. The van der Waals surface area contributed by atoms with Crippen molar-refractivity contribution in [3.8, 4) is 11.8 Å². The van der Waals surface area contributed by atoms with Gasteiger partial charge in [0.15, 0.2) is 0 Å². The normalized spacial score (nSPS) is 25.1. The molecule has 1 aliphatic heterocycles. The van der Waals surface area contributed by atoms with Gasteiger partial charge in [-0.25, -0.2) is 4.79 Å². The second-order valence-corrected chi connectivity index (χ2v) is 8.61. The number of likely N-dealkylation sites (tertiary alicyclic amines) is 1. The molecular formula is C24H28N4O2. The number of rotatable bonds is 3. The zero-order chi connectivity index (χ0) is 21.5. The molecule has 2 aliphatic rings. The molecule has 1 heterocycles. The number of amides is 2. The minimum absolute atomic E-state index is 0.00562. The fourth-order valence-electron chi connectivity index (χ4n) is 5.29. The molecule has 2 aromatic carbocycles. The number of carbonyl (C=O) groups excluding carboxylic acids is 1. The maximum Gasteiger partial charge on any atom is 0.322 e. The molecule has 1 saturated heterocycles. The average molecular weight is 405 g/mol. The molecule has 2 amide bonds. The Hall–Kier alpha value is -3.04. The van der Waals surface area contributed by atoms with Crippen molar-refractivity contribution in [2.24, 2.45) is 0 Å². The van der Waals surface area contributed by atoms with Crippen molar-refractivity contribution in [2.45, 2.75) is 44.2 Å². The molecule has 2 bridgehead atoms. The number of carbonyl (C=O) groups is 1. The summed E-state index contributed by atoms with van der Waals surface area (Å²) in [4.78, 5) is 17.6. The smallest absolute Gasteiger partial charge is 0.322 e. The van der Waals surface area contributed by atoms with Crippen LogP contribution in [0.1, 0.15) is 37.0 Å². The lowest BCUT2D eigenvalue weighted by Gasteiger charge is -2.57. The van der Waals surface area contributed by atoms with Crippen molar-refractivity contribution in [1.82, 2.24) is 9.80 Å². The van der Waals surface area contributed by atoms with Crippen molar-refractivity contribution in [3.05, 3.63) is 59.2 Å². The topological polar surface area (TPSA) is 79.6 Å². The Morgan fingerprint density at radius 1 is 1.33 bits per heavy atom. The van der Waals surface area contributed by atoms with Gasteiger partial charge in [-0.2, -0.15) is 5.26 Å². The SMILES string of the molecule is CCN(C(=O)Nc1ccc(C#N)cc1)[C@@H]1[C@H]2Cc3ccc(O)cc3[C@]1(C)CCN2C. The zero-order valence-corrected chi connectivity index (χ0v) is 17.7. The van der Waals surface area contributed by atoms with Crippen molar-refractivity contribution in [3.63, 3.8) is 0 Å². The summed E-state index contributed by atoms with van der Waals surface area (Å²) in [5.41, 5.74) is 3.41. The Kier molecular flexibility index (Phi) is 5.17. The second-order valence-electron chi connectivity index (χ2n) is 8.61. The van der Waals surface area contributed by atoms with E-state index in [0.29, 0.717) is 17.8 Å². The van der Waals surface area contributed by atoms with Gasteiger partial charge >= 0.3 is 6.03 Å². The molecule has 6 nitrogen and oxygen atoms in total. The molecule has 0 aromatic heterocycles. The summed E-state index contributed by atoms with van der Waals surface area (Å²) in [6.07, 6.45) is 1.77. The fourth-order valence-corrected chi connectivity index (χ4v) is 5.29. The van der Waals surface area contributed by atoms with E-state index in [1.807, 2.05) is 24.0 Å². The summed E-state index contributed by atoms with van der Waals surface area (Å²) >= 11 is 0. The van der Waals surface area contributed by atoms with Crippen LogP contribution >= 0.6 is 0 Å².